The number of pyridine rings is 1. The molecule has 0 amide bonds. The first-order chi connectivity index (χ1) is 14.6. The van der Waals surface area contributed by atoms with E-state index in [-0.39, 0.29) is 11.9 Å². The van der Waals surface area contributed by atoms with Crippen molar-refractivity contribution in [3.05, 3.63) is 60.1 Å². The molecular weight excluding hydrogens is 381 g/mol. The number of halogens is 1. The van der Waals surface area contributed by atoms with Gasteiger partial charge in [-0.1, -0.05) is 12.1 Å². The number of H-pyrrole nitrogens is 1. The molecule has 2 aromatic heterocycles. The van der Waals surface area contributed by atoms with E-state index in [0.717, 1.165) is 48.4 Å². The summed E-state index contributed by atoms with van der Waals surface area (Å²) in [7, 11) is 0. The minimum Gasteiger partial charge on any atom is -0.355 e. The third-order valence-electron chi connectivity index (χ3n) is 5.30. The summed E-state index contributed by atoms with van der Waals surface area (Å²) in [5.41, 5.74) is 9.15. The predicted octanol–water partition coefficient (Wildman–Crippen LogP) is 3.50. The van der Waals surface area contributed by atoms with Gasteiger partial charge in [0.15, 0.2) is 0 Å². The molecule has 4 rings (SSSR count). The number of aromatic nitrogens is 3. The first-order valence-corrected chi connectivity index (χ1v) is 9.88. The van der Waals surface area contributed by atoms with Crippen LogP contribution in [0, 0.1) is 5.82 Å². The minimum absolute atomic E-state index is 0.228. The molecule has 30 heavy (non-hydrogen) atoms. The maximum Gasteiger partial charge on any atom is 0.147 e. The van der Waals surface area contributed by atoms with Crippen molar-refractivity contribution in [2.24, 2.45) is 15.7 Å². The number of aromatic amines is 1. The minimum atomic E-state index is -0.319. The Bertz CT molecular complexity index is 1120. The molecule has 154 valence electrons. The molecule has 1 aliphatic heterocycles. The number of likely N-dealkylation sites (tertiary alicyclic amines) is 1. The van der Waals surface area contributed by atoms with Crippen LogP contribution in [0.3, 0.4) is 0 Å². The zero-order chi connectivity index (χ0) is 21.1. The molecule has 0 bridgehead atoms. The van der Waals surface area contributed by atoms with E-state index in [1.807, 2.05) is 13.0 Å². The Balaban J connectivity index is 1.70. The maximum atomic E-state index is 14.3. The molecule has 0 saturated carbocycles. The van der Waals surface area contributed by atoms with Gasteiger partial charge in [-0.15, -0.1) is 0 Å². The van der Waals surface area contributed by atoms with Gasteiger partial charge >= 0.3 is 0 Å². The summed E-state index contributed by atoms with van der Waals surface area (Å²) in [5, 5.41) is 8.01. The second kappa shape index (κ2) is 8.54. The normalized spacial score (nSPS) is 16.3. The van der Waals surface area contributed by atoms with Crippen molar-refractivity contribution in [2.45, 2.75) is 25.8 Å². The number of nitrogens with one attached hydrogen (secondary N) is 1. The summed E-state index contributed by atoms with van der Waals surface area (Å²) in [4.78, 5) is 15.3. The summed E-state index contributed by atoms with van der Waals surface area (Å²) in [6.45, 7) is 7.11. The fourth-order valence-electron chi connectivity index (χ4n) is 3.59. The summed E-state index contributed by atoms with van der Waals surface area (Å²) in [6, 6.07) is 8.69. The van der Waals surface area contributed by atoms with Crippen molar-refractivity contribution >= 4 is 23.3 Å². The van der Waals surface area contributed by atoms with Crippen LogP contribution in [-0.2, 0) is 0 Å². The topological polar surface area (TPSA) is 95.5 Å². The zero-order valence-corrected chi connectivity index (χ0v) is 16.8. The lowest BCUT2D eigenvalue weighted by molar-refractivity contribution is 0.261. The SMILES string of the molecule is C=N/C=C(\N=C(/C)c1cc2c(-c3ccccc3F)n[nH]c2cn1)N1CCC(N)CC1. The second-order valence-electron chi connectivity index (χ2n) is 7.36. The highest BCUT2D eigenvalue weighted by Gasteiger charge is 2.19. The molecule has 8 heteroatoms. The molecule has 0 aliphatic carbocycles. The molecule has 0 spiro atoms. The number of nitrogens with zero attached hydrogens (tertiary/aromatic N) is 5. The highest BCUT2D eigenvalue weighted by molar-refractivity contribution is 6.02. The van der Waals surface area contributed by atoms with E-state index in [0.29, 0.717) is 17.0 Å². The van der Waals surface area contributed by atoms with Gasteiger partial charge < -0.3 is 10.6 Å². The third kappa shape index (κ3) is 3.99. The molecule has 0 radical (unpaired) electrons. The Kier molecular flexibility index (Phi) is 5.67. The van der Waals surface area contributed by atoms with Crippen molar-refractivity contribution in [1.29, 1.82) is 0 Å². The summed E-state index contributed by atoms with van der Waals surface area (Å²) in [6.07, 6.45) is 5.17. The van der Waals surface area contributed by atoms with Crippen LogP contribution in [0.4, 0.5) is 4.39 Å². The van der Waals surface area contributed by atoms with E-state index < -0.39 is 0 Å². The van der Waals surface area contributed by atoms with Crippen molar-refractivity contribution in [1.82, 2.24) is 20.1 Å². The van der Waals surface area contributed by atoms with Crippen LogP contribution < -0.4 is 5.73 Å². The molecule has 3 heterocycles. The first kappa shape index (κ1) is 19.9. The number of hydrogen-bond acceptors (Lipinski definition) is 6. The molecule has 7 nitrogen and oxygen atoms in total. The van der Waals surface area contributed by atoms with Crippen molar-refractivity contribution in [3.63, 3.8) is 0 Å². The molecule has 0 atom stereocenters. The molecule has 1 fully saturated rings. The lowest BCUT2D eigenvalue weighted by Crippen LogP contribution is -2.38. The Labute approximate surface area is 174 Å². The van der Waals surface area contributed by atoms with E-state index in [4.69, 9.17) is 10.7 Å². The molecule has 0 unspecified atom stereocenters. The van der Waals surface area contributed by atoms with Gasteiger partial charge in [0, 0.05) is 30.1 Å². The molecule has 1 aliphatic rings. The van der Waals surface area contributed by atoms with E-state index in [9.17, 15) is 4.39 Å². The van der Waals surface area contributed by atoms with Crippen molar-refractivity contribution in [3.8, 4) is 11.3 Å². The van der Waals surface area contributed by atoms with Gasteiger partial charge in [-0.05, 0) is 44.7 Å². The first-order valence-electron chi connectivity index (χ1n) is 9.88. The second-order valence-corrected chi connectivity index (χ2v) is 7.36. The monoisotopic (exact) mass is 405 g/mol. The highest BCUT2D eigenvalue weighted by Crippen LogP contribution is 2.28. The molecule has 3 N–H and O–H groups in total. The average Bonchev–Trinajstić information content (AvgIpc) is 3.17. The fourth-order valence-corrected chi connectivity index (χ4v) is 3.59. The van der Waals surface area contributed by atoms with E-state index in [1.54, 1.807) is 30.6 Å². The van der Waals surface area contributed by atoms with Crippen molar-refractivity contribution in [2.75, 3.05) is 13.1 Å². The molecule has 1 aromatic carbocycles. The van der Waals surface area contributed by atoms with E-state index >= 15 is 0 Å². The van der Waals surface area contributed by atoms with Crippen LogP contribution in [0.5, 0.6) is 0 Å². The Morgan fingerprint density at radius 2 is 2.10 bits per heavy atom. The van der Waals surface area contributed by atoms with Crippen LogP contribution in [0.2, 0.25) is 0 Å². The highest BCUT2D eigenvalue weighted by atomic mass is 19.1. The van der Waals surface area contributed by atoms with E-state index in [1.165, 1.54) is 6.07 Å². The summed E-state index contributed by atoms with van der Waals surface area (Å²) < 4.78 is 14.3. The molecule has 1 saturated heterocycles. The van der Waals surface area contributed by atoms with Gasteiger partial charge in [0.25, 0.3) is 0 Å². The number of benzene rings is 1. The van der Waals surface area contributed by atoms with Crippen LogP contribution in [0.25, 0.3) is 22.2 Å². The molecular formula is C22H24FN7. The number of aliphatic imine (C=N–C) groups is 2. The largest absolute Gasteiger partial charge is 0.355 e. The number of piperidine rings is 1. The number of rotatable bonds is 5. The predicted molar refractivity (Wildman–Crippen MR) is 118 cm³/mol. The van der Waals surface area contributed by atoms with Gasteiger partial charge in [0.05, 0.1) is 29.3 Å². The van der Waals surface area contributed by atoms with Gasteiger partial charge in [-0.3, -0.25) is 15.1 Å². The summed E-state index contributed by atoms with van der Waals surface area (Å²) >= 11 is 0. The summed E-state index contributed by atoms with van der Waals surface area (Å²) in [5.74, 6) is 0.415. The average molecular weight is 405 g/mol. The van der Waals surface area contributed by atoms with Gasteiger partial charge in [0.2, 0.25) is 0 Å². The Morgan fingerprint density at radius 1 is 1.33 bits per heavy atom. The number of nitrogens with two attached hydrogens (primary N) is 1. The lowest BCUT2D eigenvalue weighted by Gasteiger charge is -2.31. The van der Waals surface area contributed by atoms with Gasteiger partial charge in [0.1, 0.15) is 17.3 Å². The Morgan fingerprint density at radius 3 is 2.83 bits per heavy atom. The van der Waals surface area contributed by atoms with Crippen LogP contribution in [0.15, 0.2) is 58.5 Å². The van der Waals surface area contributed by atoms with Gasteiger partial charge in [-0.2, -0.15) is 5.10 Å². The number of hydrogen-bond donors (Lipinski definition) is 2. The van der Waals surface area contributed by atoms with Crippen molar-refractivity contribution < 1.29 is 4.39 Å². The van der Waals surface area contributed by atoms with Crippen LogP contribution in [-0.4, -0.2) is 51.6 Å². The third-order valence-corrected chi connectivity index (χ3v) is 5.30. The van der Waals surface area contributed by atoms with Gasteiger partial charge in [-0.25, -0.2) is 9.38 Å². The maximum absolute atomic E-state index is 14.3. The van der Waals surface area contributed by atoms with Crippen LogP contribution >= 0.6 is 0 Å². The molecule has 3 aromatic rings. The lowest BCUT2D eigenvalue weighted by atomic mass is 10.1. The fraction of sp³-hybridized carbons (Fsp3) is 0.273. The number of fused-ring (bicyclic) bond motifs is 1. The zero-order valence-electron chi connectivity index (χ0n) is 16.8. The van der Waals surface area contributed by atoms with E-state index in [2.05, 4.69) is 31.8 Å². The Hall–Kier alpha value is -3.39. The smallest absolute Gasteiger partial charge is 0.147 e. The standard InChI is InChI=1S/C22H24FN7/c1-14(27-21(13-25-2)30-9-7-15(24)8-10-30)19-11-17-20(12-26-19)28-29-22(17)16-5-3-4-6-18(16)23/h3-6,11-13,15H,2,7-10,24H2,1H3,(H,28,29)/b21-13+,27-14+. The van der Waals surface area contributed by atoms with Crippen LogP contribution in [0.1, 0.15) is 25.5 Å². The quantitative estimate of drug-likeness (QED) is 0.635.